The molecule has 0 aliphatic rings. The lowest BCUT2D eigenvalue weighted by molar-refractivity contribution is 0.102. The van der Waals surface area contributed by atoms with Gasteiger partial charge in [0, 0.05) is 21.8 Å². The van der Waals surface area contributed by atoms with Crippen LogP contribution < -0.4 is 10.1 Å². The summed E-state index contributed by atoms with van der Waals surface area (Å²) in [5.41, 5.74) is 3.49. The normalized spacial score (nSPS) is 10.6. The highest BCUT2D eigenvalue weighted by molar-refractivity contribution is 6.30. The Kier molecular flexibility index (Phi) is 5.55. The monoisotopic (exact) mass is 418 g/mol. The summed E-state index contributed by atoms with van der Waals surface area (Å²) in [6.45, 7) is 1.89. The van der Waals surface area contributed by atoms with Crippen LogP contribution in [0.5, 0.6) is 5.75 Å². The lowest BCUT2D eigenvalue weighted by atomic mass is 10.1. The number of oxazole rings is 1. The minimum absolute atomic E-state index is 0.253. The number of hydrogen-bond donors (Lipinski definition) is 1. The number of hydrogen-bond acceptors (Lipinski definition) is 4. The van der Waals surface area contributed by atoms with Crippen LogP contribution in [0.1, 0.15) is 15.9 Å². The number of aromatic nitrogens is 1. The number of rotatable bonds is 5. The first-order valence-corrected chi connectivity index (χ1v) is 9.70. The standard InChI is InChI=1S/C24H19ClN2O3/c1-15-12-17(25)10-11-21(15)27-23(28)19-8-3-4-9-20(19)24-26-14-22(30-24)16-6-5-7-18(13-16)29-2/h3-14H,1-2H3,(H,27,28). The van der Waals surface area contributed by atoms with Crippen LogP contribution >= 0.6 is 11.6 Å². The van der Waals surface area contributed by atoms with E-state index in [-0.39, 0.29) is 5.91 Å². The minimum atomic E-state index is -0.253. The van der Waals surface area contributed by atoms with Gasteiger partial charge in [-0.25, -0.2) is 4.98 Å². The number of carbonyl (C=O) groups excluding carboxylic acids is 1. The van der Waals surface area contributed by atoms with Gasteiger partial charge in [0.2, 0.25) is 5.89 Å². The van der Waals surface area contributed by atoms with Crippen molar-refractivity contribution in [3.05, 3.63) is 89.1 Å². The lowest BCUT2D eigenvalue weighted by Crippen LogP contribution is -2.14. The van der Waals surface area contributed by atoms with Crippen molar-refractivity contribution >= 4 is 23.2 Å². The molecule has 1 amide bonds. The molecular weight excluding hydrogens is 400 g/mol. The fraction of sp³-hybridized carbons (Fsp3) is 0.0833. The number of halogens is 1. The molecule has 0 saturated carbocycles. The Balaban J connectivity index is 1.65. The first-order valence-electron chi connectivity index (χ1n) is 9.32. The minimum Gasteiger partial charge on any atom is -0.497 e. The molecule has 4 aromatic rings. The molecule has 1 aromatic heterocycles. The first-order chi connectivity index (χ1) is 14.5. The van der Waals surface area contributed by atoms with E-state index in [2.05, 4.69) is 10.3 Å². The summed E-state index contributed by atoms with van der Waals surface area (Å²) in [5.74, 6) is 1.43. The highest BCUT2D eigenvalue weighted by Crippen LogP contribution is 2.30. The van der Waals surface area contributed by atoms with Crippen LogP contribution in [0.3, 0.4) is 0 Å². The third-order valence-corrected chi connectivity index (χ3v) is 4.93. The second kappa shape index (κ2) is 8.43. The summed E-state index contributed by atoms with van der Waals surface area (Å²) < 4.78 is 11.2. The van der Waals surface area contributed by atoms with Gasteiger partial charge in [-0.15, -0.1) is 0 Å². The van der Waals surface area contributed by atoms with Crippen molar-refractivity contribution in [2.75, 3.05) is 12.4 Å². The van der Waals surface area contributed by atoms with Gasteiger partial charge in [0.05, 0.1) is 18.9 Å². The maximum Gasteiger partial charge on any atom is 0.256 e. The van der Waals surface area contributed by atoms with E-state index < -0.39 is 0 Å². The zero-order chi connectivity index (χ0) is 21.1. The molecule has 1 heterocycles. The quantitative estimate of drug-likeness (QED) is 0.417. The van der Waals surface area contributed by atoms with Crippen molar-refractivity contribution in [2.45, 2.75) is 6.92 Å². The Bertz CT molecular complexity index is 1220. The van der Waals surface area contributed by atoms with Crippen molar-refractivity contribution in [2.24, 2.45) is 0 Å². The van der Waals surface area contributed by atoms with Crippen LogP contribution in [-0.4, -0.2) is 18.0 Å². The number of ether oxygens (including phenoxy) is 1. The average molecular weight is 419 g/mol. The number of amides is 1. The van der Waals surface area contributed by atoms with Crippen LogP contribution in [0.25, 0.3) is 22.8 Å². The highest BCUT2D eigenvalue weighted by Gasteiger charge is 2.18. The summed E-state index contributed by atoms with van der Waals surface area (Å²) in [4.78, 5) is 17.4. The SMILES string of the molecule is COc1cccc(-c2cnc(-c3ccccc3C(=O)Nc3ccc(Cl)cc3C)o2)c1. The predicted octanol–water partition coefficient (Wildman–Crippen LogP) is 6.23. The third-order valence-electron chi connectivity index (χ3n) is 4.70. The number of anilines is 1. The van der Waals surface area contributed by atoms with E-state index in [1.54, 1.807) is 43.6 Å². The van der Waals surface area contributed by atoms with Crippen LogP contribution in [-0.2, 0) is 0 Å². The first kappa shape index (κ1) is 19.7. The molecule has 0 radical (unpaired) electrons. The van der Waals surface area contributed by atoms with Gasteiger partial charge < -0.3 is 14.5 Å². The maximum absolute atomic E-state index is 13.0. The molecule has 0 spiro atoms. The second-order valence-electron chi connectivity index (χ2n) is 6.72. The van der Waals surface area contributed by atoms with Gasteiger partial charge in [-0.1, -0.05) is 35.9 Å². The molecule has 1 N–H and O–H groups in total. The molecule has 3 aromatic carbocycles. The predicted molar refractivity (Wildman–Crippen MR) is 118 cm³/mol. The van der Waals surface area contributed by atoms with Gasteiger partial charge in [0.25, 0.3) is 5.91 Å². The molecular formula is C24H19ClN2O3. The van der Waals surface area contributed by atoms with Crippen LogP contribution in [0.2, 0.25) is 5.02 Å². The molecule has 0 fully saturated rings. The number of nitrogens with zero attached hydrogens (tertiary/aromatic N) is 1. The zero-order valence-electron chi connectivity index (χ0n) is 16.5. The molecule has 0 unspecified atom stereocenters. The number of nitrogens with one attached hydrogen (secondary N) is 1. The highest BCUT2D eigenvalue weighted by atomic mass is 35.5. The van der Waals surface area contributed by atoms with Gasteiger partial charge in [0.1, 0.15) is 5.75 Å². The Morgan fingerprint density at radius 1 is 1.07 bits per heavy atom. The number of benzene rings is 3. The fourth-order valence-corrected chi connectivity index (χ4v) is 3.36. The summed E-state index contributed by atoms with van der Waals surface area (Å²) in [7, 11) is 1.61. The Labute approximate surface area is 179 Å². The fourth-order valence-electron chi connectivity index (χ4n) is 3.13. The van der Waals surface area contributed by atoms with Gasteiger partial charge in [0.15, 0.2) is 5.76 Å². The van der Waals surface area contributed by atoms with Gasteiger partial charge >= 0.3 is 0 Å². The van der Waals surface area contributed by atoms with Gasteiger partial charge in [-0.3, -0.25) is 4.79 Å². The molecule has 150 valence electrons. The average Bonchev–Trinajstić information content (AvgIpc) is 3.26. The summed E-state index contributed by atoms with van der Waals surface area (Å²) in [5, 5.41) is 3.55. The Morgan fingerprint density at radius 2 is 1.90 bits per heavy atom. The van der Waals surface area contributed by atoms with E-state index in [1.807, 2.05) is 43.3 Å². The number of methoxy groups -OCH3 is 1. The molecule has 0 aliphatic heterocycles. The van der Waals surface area contributed by atoms with Crippen molar-refractivity contribution in [1.82, 2.24) is 4.98 Å². The molecule has 30 heavy (non-hydrogen) atoms. The summed E-state index contributed by atoms with van der Waals surface area (Å²) in [6, 6.07) is 20.0. The molecule has 0 bridgehead atoms. The molecule has 0 atom stereocenters. The van der Waals surface area contributed by atoms with E-state index in [4.69, 9.17) is 20.8 Å². The second-order valence-corrected chi connectivity index (χ2v) is 7.16. The van der Waals surface area contributed by atoms with E-state index >= 15 is 0 Å². The Morgan fingerprint density at radius 3 is 2.70 bits per heavy atom. The van der Waals surface area contributed by atoms with E-state index in [0.29, 0.717) is 33.5 Å². The Hall–Kier alpha value is -3.57. The van der Waals surface area contributed by atoms with Gasteiger partial charge in [-0.2, -0.15) is 0 Å². The molecule has 0 aliphatic carbocycles. The third kappa shape index (κ3) is 4.07. The molecule has 5 nitrogen and oxygen atoms in total. The van der Waals surface area contributed by atoms with Crippen molar-refractivity contribution in [3.8, 4) is 28.5 Å². The van der Waals surface area contributed by atoms with Crippen LogP contribution in [0.4, 0.5) is 5.69 Å². The smallest absolute Gasteiger partial charge is 0.256 e. The summed E-state index contributed by atoms with van der Waals surface area (Å²) >= 11 is 6.01. The molecule has 6 heteroatoms. The zero-order valence-corrected chi connectivity index (χ0v) is 17.2. The maximum atomic E-state index is 13.0. The van der Waals surface area contributed by atoms with Gasteiger partial charge in [-0.05, 0) is 55.0 Å². The molecule has 0 saturated heterocycles. The molecule has 4 rings (SSSR count). The van der Waals surface area contributed by atoms with Crippen molar-refractivity contribution in [3.63, 3.8) is 0 Å². The largest absolute Gasteiger partial charge is 0.497 e. The lowest BCUT2D eigenvalue weighted by Gasteiger charge is -2.10. The van der Waals surface area contributed by atoms with Crippen LogP contribution in [0.15, 0.2) is 77.3 Å². The van der Waals surface area contributed by atoms with E-state index in [9.17, 15) is 4.79 Å². The number of aryl methyl sites for hydroxylation is 1. The van der Waals surface area contributed by atoms with Crippen molar-refractivity contribution < 1.29 is 13.9 Å². The topological polar surface area (TPSA) is 64.4 Å². The van der Waals surface area contributed by atoms with E-state index in [1.165, 1.54) is 0 Å². The van der Waals surface area contributed by atoms with E-state index in [0.717, 1.165) is 16.9 Å². The van der Waals surface area contributed by atoms with Crippen LogP contribution in [0, 0.1) is 6.92 Å². The van der Waals surface area contributed by atoms with Crippen molar-refractivity contribution in [1.29, 1.82) is 0 Å². The number of carbonyl (C=O) groups is 1. The summed E-state index contributed by atoms with van der Waals surface area (Å²) in [6.07, 6.45) is 1.64.